The summed E-state index contributed by atoms with van der Waals surface area (Å²) in [6.45, 7) is -0.593. The highest BCUT2D eigenvalue weighted by atomic mass is 16.6. The van der Waals surface area contributed by atoms with Crippen molar-refractivity contribution in [2.75, 3.05) is 11.9 Å². The molecule has 2 rings (SSSR count). The van der Waals surface area contributed by atoms with Gasteiger partial charge in [-0.15, -0.1) is 0 Å². The maximum absolute atomic E-state index is 9.88. The van der Waals surface area contributed by atoms with Crippen molar-refractivity contribution in [1.29, 1.82) is 0 Å². The lowest BCUT2D eigenvalue weighted by atomic mass is 9.98. The first-order chi connectivity index (χ1) is 9.56. The molecule has 20 heavy (non-hydrogen) atoms. The average molecular weight is 285 g/mol. The maximum Gasteiger partial charge on any atom is 0.157 e. The zero-order chi connectivity index (χ0) is 14.7. The van der Waals surface area contributed by atoms with Crippen LogP contribution in [0, 0.1) is 0 Å². The summed E-state index contributed by atoms with van der Waals surface area (Å²) in [5.41, 5.74) is 1.26. The van der Waals surface area contributed by atoms with E-state index in [2.05, 4.69) is 5.32 Å². The third-order valence-electron chi connectivity index (χ3n) is 3.31. The fraction of sp³-hybridized carbons (Fsp3) is 0.538. The molecule has 0 spiro atoms. The van der Waals surface area contributed by atoms with Crippen LogP contribution in [-0.4, -0.2) is 62.8 Å². The molecule has 0 aliphatic carbocycles. The fourth-order valence-electron chi connectivity index (χ4n) is 2.14. The number of hydrogen-bond acceptors (Lipinski definition) is 7. The fourth-order valence-corrected chi connectivity index (χ4v) is 2.14. The molecule has 0 unspecified atom stereocenters. The molecule has 1 aliphatic rings. The van der Waals surface area contributed by atoms with E-state index in [0.717, 1.165) is 0 Å². The van der Waals surface area contributed by atoms with Crippen LogP contribution in [0.4, 0.5) is 5.69 Å². The van der Waals surface area contributed by atoms with E-state index >= 15 is 0 Å². The zero-order valence-corrected chi connectivity index (χ0v) is 10.8. The van der Waals surface area contributed by atoms with Crippen molar-refractivity contribution in [3.05, 3.63) is 29.8 Å². The Morgan fingerprint density at radius 1 is 1.05 bits per heavy atom. The lowest BCUT2D eigenvalue weighted by Gasteiger charge is -2.40. The number of aliphatic hydroxyl groups is 5. The number of anilines is 1. The van der Waals surface area contributed by atoms with Crippen LogP contribution in [0.25, 0.3) is 0 Å². The molecule has 112 valence electrons. The number of rotatable bonds is 4. The van der Waals surface area contributed by atoms with E-state index in [1.165, 1.54) is 0 Å². The van der Waals surface area contributed by atoms with Crippen molar-refractivity contribution in [3.63, 3.8) is 0 Å². The van der Waals surface area contributed by atoms with Gasteiger partial charge in [-0.05, 0) is 17.7 Å². The molecule has 0 bridgehead atoms. The van der Waals surface area contributed by atoms with Crippen LogP contribution < -0.4 is 5.32 Å². The lowest BCUT2D eigenvalue weighted by molar-refractivity contribution is -0.221. The summed E-state index contributed by atoms with van der Waals surface area (Å²) < 4.78 is 5.32. The molecule has 1 saturated heterocycles. The molecule has 1 aliphatic heterocycles. The first-order valence-electron chi connectivity index (χ1n) is 6.33. The molecule has 0 amide bonds. The molecule has 1 heterocycles. The van der Waals surface area contributed by atoms with Gasteiger partial charge in [0.2, 0.25) is 0 Å². The van der Waals surface area contributed by atoms with Crippen molar-refractivity contribution >= 4 is 5.69 Å². The molecule has 5 atom stereocenters. The number of aliphatic hydroxyl groups excluding tert-OH is 5. The number of hydrogen-bond donors (Lipinski definition) is 6. The molecule has 7 heteroatoms. The van der Waals surface area contributed by atoms with Gasteiger partial charge in [0.15, 0.2) is 6.23 Å². The minimum atomic E-state index is -1.42. The third-order valence-corrected chi connectivity index (χ3v) is 3.31. The van der Waals surface area contributed by atoms with Gasteiger partial charge in [-0.3, -0.25) is 0 Å². The van der Waals surface area contributed by atoms with Gasteiger partial charge in [0.05, 0.1) is 13.2 Å². The van der Waals surface area contributed by atoms with Gasteiger partial charge in [-0.25, -0.2) is 0 Å². The number of benzene rings is 1. The molecule has 0 radical (unpaired) electrons. The van der Waals surface area contributed by atoms with Crippen LogP contribution in [0.2, 0.25) is 0 Å². The second kappa shape index (κ2) is 6.49. The van der Waals surface area contributed by atoms with Gasteiger partial charge in [-0.2, -0.15) is 0 Å². The Balaban J connectivity index is 2.10. The highest BCUT2D eigenvalue weighted by Gasteiger charge is 2.43. The van der Waals surface area contributed by atoms with E-state index in [9.17, 15) is 15.3 Å². The Kier molecular flexibility index (Phi) is 4.92. The van der Waals surface area contributed by atoms with Crippen LogP contribution in [0.5, 0.6) is 0 Å². The smallest absolute Gasteiger partial charge is 0.157 e. The number of ether oxygens (including phenoxy) is 1. The minimum absolute atomic E-state index is 0.121. The van der Waals surface area contributed by atoms with E-state index in [-0.39, 0.29) is 6.61 Å². The monoisotopic (exact) mass is 285 g/mol. The van der Waals surface area contributed by atoms with E-state index in [1.54, 1.807) is 24.3 Å². The molecule has 1 aromatic carbocycles. The van der Waals surface area contributed by atoms with Crippen molar-refractivity contribution in [2.45, 2.75) is 37.3 Å². The largest absolute Gasteiger partial charge is 0.394 e. The Morgan fingerprint density at radius 2 is 1.80 bits per heavy atom. The van der Waals surface area contributed by atoms with Crippen LogP contribution >= 0.6 is 0 Å². The summed E-state index contributed by atoms with van der Waals surface area (Å²) in [6, 6.07) is 6.83. The first kappa shape index (κ1) is 15.2. The van der Waals surface area contributed by atoms with Crippen molar-refractivity contribution in [2.24, 2.45) is 0 Å². The van der Waals surface area contributed by atoms with Crippen molar-refractivity contribution in [1.82, 2.24) is 0 Å². The molecule has 6 N–H and O–H groups in total. The minimum Gasteiger partial charge on any atom is -0.394 e. The van der Waals surface area contributed by atoms with Gasteiger partial charge in [0.1, 0.15) is 24.4 Å². The maximum atomic E-state index is 9.88. The second-order valence-electron chi connectivity index (χ2n) is 4.75. The molecule has 1 fully saturated rings. The Bertz CT molecular complexity index is 441. The van der Waals surface area contributed by atoms with E-state index in [0.29, 0.717) is 11.3 Å². The quantitative estimate of drug-likeness (QED) is 0.393. The standard InChI is InChI=1S/C13H19NO6/c15-5-7-2-1-3-8(4-7)14-13-12(19)11(18)10(17)9(6-16)20-13/h1-4,9-19H,5-6H2/t9-,10+,11+,12-,13-/m1/s1. The van der Waals surface area contributed by atoms with Gasteiger partial charge in [-0.1, -0.05) is 12.1 Å². The first-order valence-corrected chi connectivity index (χ1v) is 6.33. The van der Waals surface area contributed by atoms with E-state index in [4.69, 9.17) is 14.9 Å². The third kappa shape index (κ3) is 3.09. The second-order valence-corrected chi connectivity index (χ2v) is 4.75. The van der Waals surface area contributed by atoms with Gasteiger partial charge < -0.3 is 35.6 Å². The summed E-state index contributed by atoms with van der Waals surface area (Å²) in [6.07, 6.45) is -6.06. The van der Waals surface area contributed by atoms with Crippen molar-refractivity contribution in [3.8, 4) is 0 Å². The summed E-state index contributed by atoms with van der Waals surface area (Å²) in [7, 11) is 0. The van der Waals surface area contributed by atoms with Crippen molar-refractivity contribution < 1.29 is 30.3 Å². The van der Waals surface area contributed by atoms with Gasteiger partial charge in [0, 0.05) is 5.69 Å². The van der Waals surface area contributed by atoms with Gasteiger partial charge >= 0.3 is 0 Å². The topological polar surface area (TPSA) is 122 Å². The average Bonchev–Trinajstić information content (AvgIpc) is 2.48. The highest BCUT2D eigenvalue weighted by Crippen LogP contribution is 2.23. The summed E-state index contributed by atoms with van der Waals surface area (Å²) in [5, 5.41) is 50.2. The zero-order valence-electron chi connectivity index (χ0n) is 10.8. The summed E-state index contributed by atoms with van der Waals surface area (Å²) >= 11 is 0. The molecule has 0 aromatic heterocycles. The van der Waals surface area contributed by atoms with Crippen LogP contribution in [0.1, 0.15) is 5.56 Å². The van der Waals surface area contributed by atoms with E-state index < -0.39 is 37.3 Å². The molecule has 0 saturated carbocycles. The van der Waals surface area contributed by atoms with Crippen LogP contribution in [0.3, 0.4) is 0 Å². The lowest BCUT2D eigenvalue weighted by Crippen LogP contribution is -2.60. The van der Waals surface area contributed by atoms with Gasteiger partial charge in [0.25, 0.3) is 0 Å². The Hall–Kier alpha value is -1.22. The number of nitrogens with one attached hydrogen (secondary N) is 1. The Morgan fingerprint density at radius 3 is 2.45 bits per heavy atom. The highest BCUT2D eigenvalue weighted by molar-refractivity contribution is 5.46. The van der Waals surface area contributed by atoms with E-state index in [1.807, 2.05) is 0 Å². The summed E-state index contributed by atoms with van der Waals surface area (Å²) in [5.74, 6) is 0. The molecule has 7 nitrogen and oxygen atoms in total. The SMILES string of the molecule is OCc1cccc(N[C@@H]2O[C@H](CO)[C@H](O)[C@H](O)[C@H]2O)c1. The predicted molar refractivity (Wildman–Crippen MR) is 69.8 cm³/mol. The summed E-state index contributed by atoms with van der Waals surface area (Å²) in [4.78, 5) is 0. The molecule has 1 aromatic rings. The van der Waals surface area contributed by atoms with Crippen LogP contribution in [-0.2, 0) is 11.3 Å². The molecular weight excluding hydrogens is 266 g/mol. The van der Waals surface area contributed by atoms with Crippen LogP contribution in [0.15, 0.2) is 24.3 Å². The predicted octanol–water partition coefficient (Wildman–Crippen LogP) is -1.61. The Labute approximate surface area is 116 Å². The molecular formula is C13H19NO6. The normalized spacial score (nSPS) is 34.0.